The number of nitrogens with zero attached hydrogens (tertiary/aromatic N) is 1. The third-order valence-corrected chi connectivity index (χ3v) is 3.66. The van der Waals surface area contributed by atoms with Crippen LogP contribution in [0.15, 0.2) is 42.5 Å². The van der Waals surface area contributed by atoms with E-state index in [1.807, 2.05) is 0 Å². The maximum atomic E-state index is 12.9. The van der Waals surface area contributed by atoms with E-state index in [2.05, 4.69) is 5.32 Å². The Labute approximate surface area is 155 Å². The zero-order valence-corrected chi connectivity index (χ0v) is 14.6. The number of amides is 2. The number of rotatable bonds is 3. The molecule has 0 saturated carbocycles. The largest absolute Gasteiger partial charge is 0.416 e. The molecule has 0 aliphatic rings. The maximum Gasteiger partial charge on any atom is 0.416 e. The number of hydrogen-bond acceptors (Lipinski definition) is 2. The smallest absolute Gasteiger partial charge is 0.345 e. The number of carbonyl (C=O) groups is 2. The van der Waals surface area contributed by atoms with E-state index < -0.39 is 40.9 Å². The summed E-state index contributed by atoms with van der Waals surface area (Å²) in [5.74, 6) is -1.72. The standard InChI is InChI=1S/C18H14F6N2O2/c1-26(2)16(28)13-5-3-4-6-14(13)25-15(27)10-7-11(17(19,20)21)9-12(8-10)18(22,23)24/h3-9H,1-2H3,(H,25,27). The Morgan fingerprint density at radius 1 is 0.857 bits per heavy atom. The van der Waals surface area contributed by atoms with Crippen LogP contribution in [-0.2, 0) is 12.4 Å². The minimum Gasteiger partial charge on any atom is -0.345 e. The molecule has 4 nitrogen and oxygen atoms in total. The van der Waals surface area contributed by atoms with Crippen LogP contribution in [0, 0.1) is 0 Å². The molecule has 0 aliphatic heterocycles. The Bertz CT molecular complexity index is 871. The molecule has 0 radical (unpaired) electrons. The second-order valence-corrected chi connectivity index (χ2v) is 5.99. The van der Waals surface area contributed by atoms with Crippen molar-refractivity contribution in [2.45, 2.75) is 12.4 Å². The quantitative estimate of drug-likeness (QED) is 0.756. The fourth-order valence-electron chi connectivity index (χ4n) is 2.30. The highest BCUT2D eigenvalue weighted by atomic mass is 19.4. The second-order valence-electron chi connectivity index (χ2n) is 5.99. The molecular weight excluding hydrogens is 390 g/mol. The first-order valence-electron chi connectivity index (χ1n) is 7.72. The van der Waals surface area contributed by atoms with E-state index in [4.69, 9.17) is 0 Å². The van der Waals surface area contributed by atoms with E-state index in [9.17, 15) is 35.9 Å². The number of benzene rings is 2. The van der Waals surface area contributed by atoms with Gasteiger partial charge >= 0.3 is 12.4 Å². The van der Waals surface area contributed by atoms with Crippen LogP contribution in [0.3, 0.4) is 0 Å². The Hall–Kier alpha value is -3.04. The Kier molecular flexibility index (Phi) is 5.72. The molecular formula is C18H14F6N2O2. The summed E-state index contributed by atoms with van der Waals surface area (Å²) in [4.78, 5) is 25.7. The highest BCUT2D eigenvalue weighted by molar-refractivity contribution is 6.09. The lowest BCUT2D eigenvalue weighted by molar-refractivity contribution is -0.143. The van der Waals surface area contributed by atoms with Gasteiger partial charge in [-0.25, -0.2) is 0 Å². The topological polar surface area (TPSA) is 49.4 Å². The maximum absolute atomic E-state index is 12.9. The summed E-state index contributed by atoms with van der Waals surface area (Å²) in [7, 11) is 2.90. The summed E-state index contributed by atoms with van der Waals surface area (Å²) < 4.78 is 77.6. The third kappa shape index (κ3) is 4.81. The van der Waals surface area contributed by atoms with Gasteiger partial charge in [0, 0.05) is 19.7 Å². The molecule has 150 valence electrons. The van der Waals surface area contributed by atoms with E-state index in [1.165, 1.54) is 43.3 Å². The summed E-state index contributed by atoms with van der Waals surface area (Å²) in [6.45, 7) is 0. The van der Waals surface area contributed by atoms with Crippen molar-refractivity contribution in [2.75, 3.05) is 19.4 Å². The molecule has 2 amide bonds. The molecule has 0 heterocycles. The molecule has 2 rings (SSSR count). The lowest BCUT2D eigenvalue weighted by Crippen LogP contribution is -2.24. The van der Waals surface area contributed by atoms with Crippen LogP contribution >= 0.6 is 0 Å². The average molecular weight is 404 g/mol. The van der Waals surface area contributed by atoms with Gasteiger partial charge in [0.1, 0.15) is 0 Å². The molecule has 2 aromatic rings. The number of hydrogen-bond donors (Lipinski definition) is 1. The van der Waals surface area contributed by atoms with Gasteiger partial charge in [0.2, 0.25) is 0 Å². The lowest BCUT2D eigenvalue weighted by atomic mass is 10.0. The van der Waals surface area contributed by atoms with Crippen LogP contribution in [0.25, 0.3) is 0 Å². The van der Waals surface area contributed by atoms with Crippen molar-refractivity contribution in [3.63, 3.8) is 0 Å². The molecule has 0 unspecified atom stereocenters. The Morgan fingerprint density at radius 2 is 1.36 bits per heavy atom. The van der Waals surface area contributed by atoms with E-state index in [0.717, 1.165) is 0 Å². The van der Waals surface area contributed by atoms with Crippen molar-refractivity contribution in [1.29, 1.82) is 0 Å². The van der Waals surface area contributed by atoms with Gasteiger partial charge in [-0.3, -0.25) is 9.59 Å². The first-order chi connectivity index (χ1) is 12.8. The molecule has 0 fully saturated rings. The number of para-hydroxylation sites is 1. The first-order valence-corrected chi connectivity index (χ1v) is 7.72. The van der Waals surface area contributed by atoms with Crippen LogP contribution in [0.2, 0.25) is 0 Å². The van der Waals surface area contributed by atoms with Gasteiger partial charge < -0.3 is 10.2 Å². The molecule has 0 spiro atoms. The van der Waals surface area contributed by atoms with Crippen LogP contribution in [0.5, 0.6) is 0 Å². The number of halogens is 6. The van der Waals surface area contributed by atoms with E-state index in [-0.39, 0.29) is 17.3 Å². The van der Waals surface area contributed by atoms with Gasteiger partial charge in [-0.2, -0.15) is 26.3 Å². The third-order valence-electron chi connectivity index (χ3n) is 3.66. The van der Waals surface area contributed by atoms with Crippen molar-refractivity contribution >= 4 is 17.5 Å². The van der Waals surface area contributed by atoms with Crippen LogP contribution in [0.1, 0.15) is 31.8 Å². The van der Waals surface area contributed by atoms with Gasteiger partial charge in [0.25, 0.3) is 11.8 Å². The SMILES string of the molecule is CN(C)C(=O)c1ccccc1NC(=O)c1cc(C(F)(F)F)cc(C(F)(F)F)c1. The van der Waals surface area contributed by atoms with Gasteiger partial charge in [-0.1, -0.05) is 12.1 Å². The van der Waals surface area contributed by atoms with Crippen molar-refractivity contribution in [3.8, 4) is 0 Å². The zero-order valence-electron chi connectivity index (χ0n) is 14.6. The van der Waals surface area contributed by atoms with Gasteiger partial charge in [0.15, 0.2) is 0 Å². The summed E-state index contributed by atoms with van der Waals surface area (Å²) >= 11 is 0. The molecule has 10 heteroatoms. The Morgan fingerprint density at radius 3 is 1.82 bits per heavy atom. The molecule has 2 aromatic carbocycles. The summed E-state index contributed by atoms with van der Waals surface area (Å²) in [5, 5.41) is 2.20. The predicted molar refractivity (Wildman–Crippen MR) is 88.9 cm³/mol. The first kappa shape index (κ1) is 21.3. The molecule has 0 saturated heterocycles. The molecule has 0 atom stereocenters. The number of nitrogens with one attached hydrogen (secondary N) is 1. The van der Waals surface area contributed by atoms with Gasteiger partial charge in [-0.15, -0.1) is 0 Å². The molecule has 0 bridgehead atoms. The van der Waals surface area contributed by atoms with E-state index in [1.54, 1.807) is 0 Å². The lowest BCUT2D eigenvalue weighted by Gasteiger charge is -2.16. The van der Waals surface area contributed by atoms with Crippen LogP contribution < -0.4 is 5.32 Å². The molecule has 28 heavy (non-hydrogen) atoms. The summed E-state index contributed by atoms with van der Waals surface area (Å²) in [6.07, 6.45) is -10.1. The molecule has 0 aliphatic carbocycles. The van der Waals surface area contributed by atoms with E-state index in [0.29, 0.717) is 12.1 Å². The normalized spacial score (nSPS) is 11.9. The van der Waals surface area contributed by atoms with Gasteiger partial charge in [-0.05, 0) is 30.3 Å². The Balaban J connectivity index is 2.47. The second kappa shape index (κ2) is 7.53. The fourth-order valence-corrected chi connectivity index (χ4v) is 2.30. The summed E-state index contributed by atoms with van der Waals surface area (Å²) in [6, 6.07) is 6.20. The fraction of sp³-hybridized carbons (Fsp3) is 0.222. The van der Waals surface area contributed by atoms with Crippen molar-refractivity contribution in [1.82, 2.24) is 4.90 Å². The predicted octanol–water partition coefficient (Wildman–Crippen LogP) is 4.68. The zero-order chi connectivity index (χ0) is 21.3. The van der Waals surface area contributed by atoms with Crippen molar-refractivity contribution in [2.24, 2.45) is 0 Å². The van der Waals surface area contributed by atoms with Crippen molar-refractivity contribution in [3.05, 3.63) is 64.7 Å². The number of carbonyl (C=O) groups excluding carboxylic acids is 2. The van der Waals surface area contributed by atoms with Gasteiger partial charge in [0.05, 0.1) is 22.4 Å². The van der Waals surface area contributed by atoms with Crippen LogP contribution in [0.4, 0.5) is 32.0 Å². The van der Waals surface area contributed by atoms with Crippen LogP contribution in [-0.4, -0.2) is 30.8 Å². The molecule has 1 N–H and O–H groups in total. The molecule has 0 aromatic heterocycles. The average Bonchev–Trinajstić information content (AvgIpc) is 2.59. The summed E-state index contributed by atoms with van der Waals surface area (Å²) in [5.41, 5.74) is -4.06. The highest BCUT2D eigenvalue weighted by Crippen LogP contribution is 2.36. The minimum absolute atomic E-state index is 0.0314. The monoisotopic (exact) mass is 404 g/mol. The van der Waals surface area contributed by atoms with E-state index >= 15 is 0 Å². The minimum atomic E-state index is -5.07. The number of anilines is 1. The van der Waals surface area contributed by atoms with Crippen molar-refractivity contribution < 1.29 is 35.9 Å². The number of alkyl halides is 6. The highest BCUT2D eigenvalue weighted by Gasteiger charge is 2.37.